The summed E-state index contributed by atoms with van der Waals surface area (Å²) in [6, 6.07) is 4.10. The molecule has 122 valence electrons. The summed E-state index contributed by atoms with van der Waals surface area (Å²) < 4.78 is 24.5. The van der Waals surface area contributed by atoms with Crippen molar-refractivity contribution < 1.29 is 23.8 Å². The lowest BCUT2D eigenvalue weighted by atomic mass is 10.0. The van der Waals surface area contributed by atoms with Crippen molar-refractivity contribution in [2.75, 3.05) is 26.4 Å². The largest absolute Gasteiger partial charge is 0.394 e. The van der Waals surface area contributed by atoms with E-state index in [2.05, 4.69) is 5.32 Å². The number of ether oxygens (including phenoxy) is 2. The highest BCUT2D eigenvalue weighted by molar-refractivity contribution is 6.31. The Kier molecular flexibility index (Phi) is 6.57. The molecule has 0 unspecified atom stereocenters. The lowest BCUT2D eigenvalue weighted by molar-refractivity contribution is -0.125. The first kappa shape index (κ1) is 17.1. The molecule has 2 atom stereocenters. The van der Waals surface area contributed by atoms with E-state index < -0.39 is 5.82 Å². The Balaban J connectivity index is 1.95. The molecule has 1 saturated heterocycles. The minimum atomic E-state index is -0.497. The lowest BCUT2D eigenvalue weighted by Gasteiger charge is -2.32. The van der Waals surface area contributed by atoms with Crippen LogP contribution in [-0.2, 0) is 20.7 Å². The van der Waals surface area contributed by atoms with E-state index >= 15 is 0 Å². The summed E-state index contributed by atoms with van der Waals surface area (Å²) >= 11 is 5.92. The molecule has 0 aliphatic carbocycles. The fourth-order valence-corrected chi connectivity index (χ4v) is 2.59. The number of aliphatic hydroxyl groups excluding tert-OH is 1. The SMILES string of the molecule is O=C(Cc1c(F)cccc1Cl)N[C@@H]1CCOC[C@H]1OCCO. The van der Waals surface area contributed by atoms with E-state index in [0.29, 0.717) is 19.6 Å². The minimum absolute atomic E-state index is 0.0952. The van der Waals surface area contributed by atoms with Crippen LogP contribution in [0.4, 0.5) is 4.39 Å². The van der Waals surface area contributed by atoms with Gasteiger partial charge in [-0.25, -0.2) is 4.39 Å². The quantitative estimate of drug-likeness (QED) is 0.824. The van der Waals surface area contributed by atoms with Gasteiger partial charge in [0.2, 0.25) is 5.91 Å². The molecule has 1 aromatic carbocycles. The van der Waals surface area contributed by atoms with Gasteiger partial charge in [-0.3, -0.25) is 4.79 Å². The Hall–Kier alpha value is -1.21. The van der Waals surface area contributed by atoms with Crippen LogP contribution < -0.4 is 5.32 Å². The van der Waals surface area contributed by atoms with Gasteiger partial charge in [0.15, 0.2) is 0 Å². The molecule has 2 rings (SSSR count). The van der Waals surface area contributed by atoms with Crippen LogP contribution in [0.5, 0.6) is 0 Å². The highest BCUT2D eigenvalue weighted by Gasteiger charge is 2.28. The smallest absolute Gasteiger partial charge is 0.224 e. The van der Waals surface area contributed by atoms with E-state index in [1.807, 2.05) is 0 Å². The number of aliphatic hydroxyl groups is 1. The second kappa shape index (κ2) is 8.43. The fraction of sp³-hybridized carbons (Fsp3) is 0.533. The first-order chi connectivity index (χ1) is 10.6. The number of carbonyl (C=O) groups excluding carboxylic acids is 1. The Labute approximate surface area is 133 Å². The maximum atomic E-state index is 13.7. The molecule has 1 aliphatic heterocycles. The molecule has 0 bridgehead atoms. The number of hydrogen-bond donors (Lipinski definition) is 2. The van der Waals surface area contributed by atoms with E-state index in [0.717, 1.165) is 0 Å². The van der Waals surface area contributed by atoms with Crippen LogP contribution in [0, 0.1) is 5.82 Å². The lowest BCUT2D eigenvalue weighted by Crippen LogP contribution is -2.50. The zero-order valence-corrected chi connectivity index (χ0v) is 12.8. The minimum Gasteiger partial charge on any atom is -0.394 e. The zero-order chi connectivity index (χ0) is 15.9. The summed E-state index contributed by atoms with van der Waals surface area (Å²) in [4.78, 5) is 12.1. The van der Waals surface area contributed by atoms with Gasteiger partial charge in [0.05, 0.1) is 32.3 Å². The van der Waals surface area contributed by atoms with Crippen LogP contribution in [0.3, 0.4) is 0 Å². The monoisotopic (exact) mass is 331 g/mol. The van der Waals surface area contributed by atoms with Crippen molar-refractivity contribution in [3.63, 3.8) is 0 Å². The molecule has 0 spiro atoms. The average molecular weight is 332 g/mol. The van der Waals surface area contributed by atoms with Crippen molar-refractivity contribution in [3.8, 4) is 0 Å². The molecule has 22 heavy (non-hydrogen) atoms. The summed E-state index contributed by atoms with van der Waals surface area (Å²) in [5.74, 6) is -0.820. The molecule has 5 nitrogen and oxygen atoms in total. The number of benzene rings is 1. The van der Waals surface area contributed by atoms with Crippen LogP contribution in [0.1, 0.15) is 12.0 Å². The maximum absolute atomic E-state index is 13.7. The van der Waals surface area contributed by atoms with Gasteiger partial charge in [0.1, 0.15) is 11.9 Å². The molecule has 1 aromatic rings. The molecule has 7 heteroatoms. The molecular weight excluding hydrogens is 313 g/mol. The van der Waals surface area contributed by atoms with Gasteiger partial charge in [0, 0.05) is 17.2 Å². The summed E-state index contributed by atoms with van der Waals surface area (Å²) in [6.45, 7) is 0.956. The Morgan fingerprint density at radius 2 is 2.36 bits per heavy atom. The second-order valence-corrected chi connectivity index (χ2v) is 5.45. The van der Waals surface area contributed by atoms with Crippen LogP contribution in [-0.4, -0.2) is 49.6 Å². The van der Waals surface area contributed by atoms with E-state index in [-0.39, 0.29) is 48.3 Å². The first-order valence-electron chi connectivity index (χ1n) is 7.14. The van der Waals surface area contributed by atoms with Crippen LogP contribution >= 0.6 is 11.6 Å². The number of rotatable bonds is 6. The van der Waals surface area contributed by atoms with Crippen LogP contribution in [0.25, 0.3) is 0 Å². The van der Waals surface area contributed by atoms with Crippen molar-refractivity contribution in [2.24, 2.45) is 0 Å². The Morgan fingerprint density at radius 3 is 3.09 bits per heavy atom. The third-order valence-corrected chi connectivity index (χ3v) is 3.83. The topological polar surface area (TPSA) is 67.8 Å². The Morgan fingerprint density at radius 1 is 1.55 bits per heavy atom. The fourth-order valence-electron chi connectivity index (χ4n) is 2.36. The molecule has 0 saturated carbocycles. The third kappa shape index (κ3) is 4.64. The number of carbonyl (C=O) groups is 1. The second-order valence-electron chi connectivity index (χ2n) is 5.05. The molecule has 0 aromatic heterocycles. The van der Waals surface area contributed by atoms with E-state index in [4.69, 9.17) is 26.2 Å². The van der Waals surface area contributed by atoms with Gasteiger partial charge in [-0.1, -0.05) is 17.7 Å². The molecule has 1 amide bonds. The number of amides is 1. The molecule has 1 heterocycles. The standard InChI is InChI=1S/C15H19ClFNO4/c16-11-2-1-3-12(17)10(11)8-15(20)18-13-4-6-21-9-14(13)22-7-5-19/h1-3,13-14,19H,4-9H2,(H,18,20)/t13-,14-/m1/s1. The zero-order valence-electron chi connectivity index (χ0n) is 12.1. The van der Waals surface area contributed by atoms with E-state index in [1.54, 1.807) is 6.07 Å². The molecule has 0 radical (unpaired) electrons. The van der Waals surface area contributed by atoms with Crippen LogP contribution in [0.2, 0.25) is 5.02 Å². The van der Waals surface area contributed by atoms with Crippen LogP contribution in [0.15, 0.2) is 18.2 Å². The maximum Gasteiger partial charge on any atom is 0.224 e. The third-order valence-electron chi connectivity index (χ3n) is 3.47. The van der Waals surface area contributed by atoms with Crippen molar-refractivity contribution in [1.82, 2.24) is 5.32 Å². The molecule has 2 N–H and O–H groups in total. The molecule has 1 fully saturated rings. The van der Waals surface area contributed by atoms with Crippen molar-refractivity contribution >= 4 is 17.5 Å². The summed E-state index contributed by atoms with van der Waals surface area (Å²) in [6.07, 6.45) is 0.156. The van der Waals surface area contributed by atoms with Crippen molar-refractivity contribution in [1.29, 1.82) is 0 Å². The number of hydrogen-bond acceptors (Lipinski definition) is 4. The molecular formula is C15H19ClFNO4. The van der Waals surface area contributed by atoms with Gasteiger partial charge in [0.25, 0.3) is 0 Å². The van der Waals surface area contributed by atoms with E-state index in [1.165, 1.54) is 12.1 Å². The average Bonchev–Trinajstić information content (AvgIpc) is 2.50. The van der Waals surface area contributed by atoms with Crippen molar-refractivity contribution in [3.05, 3.63) is 34.6 Å². The Bertz CT molecular complexity index is 494. The van der Waals surface area contributed by atoms with Gasteiger partial charge >= 0.3 is 0 Å². The van der Waals surface area contributed by atoms with Gasteiger partial charge in [-0.05, 0) is 18.6 Å². The summed E-state index contributed by atoms with van der Waals surface area (Å²) in [7, 11) is 0. The van der Waals surface area contributed by atoms with Gasteiger partial charge in [-0.2, -0.15) is 0 Å². The number of nitrogens with one attached hydrogen (secondary N) is 1. The highest BCUT2D eigenvalue weighted by atomic mass is 35.5. The molecule has 1 aliphatic rings. The predicted octanol–water partition coefficient (Wildman–Crippen LogP) is 1.30. The van der Waals surface area contributed by atoms with E-state index in [9.17, 15) is 9.18 Å². The number of halogens is 2. The highest BCUT2D eigenvalue weighted by Crippen LogP contribution is 2.20. The summed E-state index contributed by atoms with van der Waals surface area (Å²) in [5, 5.41) is 11.9. The van der Waals surface area contributed by atoms with Gasteiger partial charge < -0.3 is 19.9 Å². The normalized spacial score (nSPS) is 21.6. The predicted molar refractivity (Wildman–Crippen MR) is 79.3 cm³/mol. The van der Waals surface area contributed by atoms with Crippen molar-refractivity contribution in [2.45, 2.75) is 25.0 Å². The first-order valence-corrected chi connectivity index (χ1v) is 7.52. The summed E-state index contributed by atoms with van der Waals surface area (Å²) in [5.41, 5.74) is 0.182. The van der Waals surface area contributed by atoms with Gasteiger partial charge in [-0.15, -0.1) is 0 Å².